The molecule has 1 amide bonds. The van der Waals surface area contributed by atoms with Crippen LogP contribution in [-0.4, -0.2) is 88.9 Å². The predicted octanol–water partition coefficient (Wildman–Crippen LogP) is 2.84. The lowest BCUT2D eigenvalue weighted by Gasteiger charge is -2.25. The van der Waals surface area contributed by atoms with Crippen LogP contribution in [0.15, 0.2) is 4.99 Å². The van der Waals surface area contributed by atoms with Crippen molar-refractivity contribution in [1.82, 2.24) is 15.1 Å². The number of hydrogen-bond acceptors (Lipinski definition) is 4. The van der Waals surface area contributed by atoms with Crippen LogP contribution in [0.1, 0.15) is 46.0 Å². The number of rotatable bonds is 13. The number of methoxy groups -OCH3 is 1. The second-order valence-electron chi connectivity index (χ2n) is 7.89. The van der Waals surface area contributed by atoms with Crippen LogP contribution in [-0.2, 0) is 14.3 Å². The van der Waals surface area contributed by atoms with Crippen LogP contribution in [0.4, 0.5) is 0 Å². The first-order chi connectivity index (χ1) is 13.5. The number of likely N-dealkylation sites (N-methyl/N-ethyl adjacent to an activating group) is 1. The fraction of sp³-hybridized carbons (Fsp3) is 0.905. The molecule has 0 aromatic carbocycles. The van der Waals surface area contributed by atoms with Gasteiger partial charge in [0.1, 0.15) is 6.54 Å². The van der Waals surface area contributed by atoms with Gasteiger partial charge < -0.3 is 24.6 Å². The van der Waals surface area contributed by atoms with Gasteiger partial charge in [0.25, 0.3) is 0 Å². The molecule has 0 aliphatic carbocycles. The van der Waals surface area contributed by atoms with E-state index in [1.54, 1.807) is 26.1 Å². The van der Waals surface area contributed by atoms with E-state index in [0.717, 1.165) is 45.0 Å². The molecule has 1 fully saturated rings. The molecule has 0 radical (unpaired) electrons. The zero-order chi connectivity index (χ0) is 20.8. The van der Waals surface area contributed by atoms with Crippen LogP contribution in [0.25, 0.3) is 0 Å². The molecule has 1 aliphatic rings. The average molecular weight is 527 g/mol. The lowest BCUT2D eigenvalue weighted by atomic mass is 9.99. The van der Waals surface area contributed by atoms with Gasteiger partial charge in [0.15, 0.2) is 5.96 Å². The maximum absolute atomic E-state index is 12.0. The molecular formula is C21H43IN4O3. The maximum Gasteiger partial charge on any atom is 0.243 e. The number of ether oxygens (including phenoxy) is 2. The summed E-state index contributed by atoms with van der Waals surface area (Å²) in [6.07, 6.45) is 5.97. The minimum absolute atomic E-state index is 0. The van der Waals surface area contributed by atoms with Crippen molar-refractivity contribution >= 4 is 35.8 Å². The number of aliphatic imine (C=N–C) groups is 1. The summed E-state index contributed by atoms with van der Waals surface area (Å²) in [6, 6.07) is 0. The summed E-state index contributed by atoms with van der Waals surface area (Å²) in [5, 5.41) is 3.56. The van der Waals surface area contributed by atoms with E-state index in [1.165, 1.54) is 19.3 Å². The molecule has 1 saturated heterocycles. The van der Waals surface area contributed by atoms with E-state index in [1.807, 2.05) is 0 Å². The second kappa shape index (κ2) is 17.1. The van der Waals surface area contributed by atoms with Crippen LogP contribution < -0.4 is 5.32 Å². The number of carbonyl (C=O) groups excluding carboxylic acids is 1. The first kappa shape index (κ1) is 28.4. The van der Waals surface area contributed by atoms with Gasteiger partial charge in [-0.1, -0.05) is 33.1 Å². The number of guanidine groups is 1. The summed E-state index contributed by atoms with van der Waals surface area (Å²) in [7, 11) is 5.23. The van der Waals surface area contributed by atoms with Crippen LogP contribution in [0.5, 0.6) is 0 Å². The molecule has 8 heteroatoms. The van der Waals surface area contributed by atoms with Crippen molar-refractivity contribution in [2.75, 3.05) is 67.2 Å². The highest BCUT2D eigenvalue weighted by atomic mass is 127. The first-order valence-corrected chi connectivity index (χ1v) is 10.8. The van der Waals surface area contributed by atoms with Gasteiger partial charge in [-0.2, -0.15) is 0 Å². The van der Waals surface area contributed by atoms with Gasteiger partial charge >= 0.3 is 0 Å². The van der Waals surface area contributed by atoms with Crippen LogP contribution in [0.3, 0.4) is 0 Å². The van der Waals surface area contributed by atoms with Gasteiger partial charge in [0.05, 0.1) is 19.8 Å². The van der Waals surface area contributed by atoms with E-state index < -0.39 is 0 Å². The van der Waals surface area contributed by atoms with Gasteiger partial charge in [-0.15, -0.1) is 24.0 Å². The van der Waals surface area contributed by atoms with E-state index in [9.17, 15) is 4.79 Å². The number of nitrogens with one attached hydrogen (secondary N) is 1. The Kier molecular flexibility index (Phi) is 16.7. The van der Waals surface area contributed by atoms with Crippen molar-refractivity contribution in [2.45, 2.75) is 46.0 Å². The van der Waals surface area contributed by atoms with Crippen LogP contribution in [0, 0.1) is 11.8 Å². The smallest absolute Gasteiger partial charge is 0.243 e. The fourth-order valence-electron chi connectivity index (χ4n) is 3.28. The molecule has 0 aromatic rings. The van der Waals surface area contributed by atoms with E-state index in [-0.39, 0.29) is 36.4 Å². The minimum Gasteiger partial charge on any atom is -0.382 e. The molecule has 29 heavy (non-hydrogen) atoms. The molecule has 0 aromatic heterocycles. The number of amides is 1. The van der Waals surface area contributed by atoms with Crippen LogP contribution >= 0.6 is 24.0 Å². The molecule has 1 aliphatic heterocycles. The van der Waals surface area contributed by atoms with Crippen molar-refractivity contribution in [1.29, 1.82) is 0 Å². The summed E-state index contributed by atoms with van der Waals surface area (Å²) in [4.78, 5) is 20.5. The van der Waals surface area contributed by atoms with Crippen molar-refractivity contribution < 1.29 is 14.3 Å². The molecule has 1 N–H and O–H groups in total. The van der Waals surface area contributed by atoms with E-state index in [0.29, 0.717) is 25.0 Å². The van der Waals surface area contributed by atoms with Crippen LogP contribution in [0.2, 0.25) is 0 Å². The number of carbonyl (C=O) groups is 1. The average Bonchev–Trinajstić information content (AvgIpc) is 3.15. The Balaban J connectivity index is 0.00000784. The number of hydrogen-bond donors (Lipinski definition) is 1. The SMILES string of the molecule is CCCCC(CC)CNC(=NCC(=O)N(C)C)N1CCC(COCCOC)C1.I. The lowest BCUT2D eigenvalue weighted by molar-refractivity contribution is -0.127. The standard InChI is InChI=1S/C21H42N4O3.HI/c1-6-8-9-18(7-2)14-22-21(23-15-20(26)24(3)4)25-11-10-19(16-25)17-28-13-12-27-5;/h18-19H,6-17H2,1-5H3,(H,22,23);1H. The van der Waals surface area contributed by atoms with Crippen molar-refractivity contribution in [3.63, 3.8) is 0 Å². The third-order valence-corrected chi connectivity index (χ3v) is 5.33. The summed E-state index contributed by atoms with van der Waals surface area (Å²) >= 11 is 0. The Bertz CT molecular complexity index is 463. The lowest BCUT2D eigenvalue weighted by Crippen LogP contribution is -2.43. The number of unbranched alkanes of at least 4 members (excludes halogenated alkanes) is 1. The van der Waals surface area contributed by atoms with Gasteiger partial charge in [0.2, 0.25) is 5.91 Å². The molecule has 1 rings (SSSR count). The zero-order valence-electron chi connectivity index (χ0n) is 19.1. The zero-order valence-corrected chi connectivity index (χ0v) is 21.4. The monoisotopic (exact) mass is 526 g/mol. The number of nitrogens with zero attached hydrogens (tertiary/aromatic N) is 3. The molecule has 0 spiro atoms. The van der Waals surface area contributed by atoms with Crippen molar-refractivity contribution in [3.8, 4) is 0 Å². The largest absolute Gasteiger partial charge is 0.382 e. The fourth-order valence-corrected chi connectivity index (χ4v) is 3.28. The highest BCUT2D eigenvalue weighted by molar-refractivity contribution is 14.0. The van der Waals surface area contributed by atoms with Gasteiger partial charge in [-0.05, 0) is 18.8 Å². The summed E-state index contributed by atoms with van der Waals surface area (Å²) < 4.78 is 10.7. The Labute approximate surface area is 195 Å². The van der Waals surface area contributed by atoms with Gasteiger partial charge in [-0.25, -0.2) is 4.99 Å². The summed E-state index contributed by atoms with van der Waals surface area (Å²) in [5.41, 5.74) is 0. The number of halogens is 1. The molecule has 2 unspecified atom stereocenters. The topological polar surface area (TPSA) is 66.4 Å². The first-order valence-electron chi connectivity index (χ1n) is 10.8. The Morgan fingerprint density at radius 2 is 2.07 bits per heavy atom. The quantitative estimate of drug-likeness (QED) is 0.173. The van der Waals surface area contributed by atoms with Gasteiger partial charge in [-0.3, -0.25) is 4.79 Å². The minimum atomic E-state index is 0. The van der Waals surface area contributed by atoms with Gasteiger partial charge in [0, 0.05) is 46.8 Å². The Morgan fingerprint density at radius 3 is 2.69 bits per heavy atom. The highest BCUT2D eigenvalue weighted by Gasteiger charge is 2.25. The van der Waals surface area contributed by atoms with E-state index >= 15 is 0 Å². The molecule has 2 atom stereocenters. The Hall–Kier alpha value is -0.610. The normalized spacial score (nSPS) is 17.8. The van der Waals surface area contributed by atoms with E-state index in [2.05, 4.69) is 29.1 Å². The molecule has 172 valence electrons. The number of likely N-dealkylation sites (tertiary alicyclic amines) is 1. The van der Waals surface area contributed by atoms with Crippen molar-refractivity contribution in [2.24, 2.45) is 16.8 Å². The predicted molar refractivity (Wildman–Crippen MR) is 130 cm³/mol. The molecule has 0 saturated carbocycles. The highest BCUT2D eigenvalue weighted by Crippen LogP contribution is 2.17. The molecule has 7 nitrogen and oxygen atoms in total. The summed E-state index contributed by atoms with van der Waals surface area (Å²) in [5.74, 6) is 2.03. The second-order valence-corrected chi connectivity index (χ2v) is 7.89. The Morgan fingerprint density at radius 1 is 1.31 bits per heavy atom. The van der Waals surface area contributed by atoms with Crippen molar-refractivity contribution in [3.05, 3.63) is 0 Å². The maximum atomic E-state index is 12.0. The molecule has 1 heterocycles. The molecule has 0 bridgehead atoms. The third-order valence-electron chi connectivity index (χ3n) is 5.33. The van der Waals surface area contributed by atoms with E-state index in [4.69, 9.17) is 9.47 Å². The molecular weight excluding hydrogens is 483 g/mol. The summed E-state index contributed by atoms with van der Waals surface area (Å²) in [6.45, 7) is 9.47. The third kappa shape index (κ3) is 12.0.